The molecule has 2 fully saturated rings. The summed E-state index contributed by atoms with van der Waals surface area (Å²) in [5.74, 6) is -0.356. The van der Waals surface area contributed by atoms with E-state index in [2.05, 4.69) is 15.7 Å². The van der Waals surface area contributed by atoms with Gasteiger partial charge >= 0.3 is 0 Å². The number of carbonyl (C=O) groups excluding carboxylic acids is 1. The van der Waals surface area contributed by atoms with Gasteiger partial charge in [-0.05, 0) is 63.8 Å². The van der Waals surface area contributed by atoms with E-state index in [4.69, 9.17) is 0 Å². The molecule has 1 amide bonds. The fraction of sp³-hybridized carbons (Fsp3) is 0.524. The summed E-state index contributed by atoms with van der Waals surface area (Å²) in [6.45, 7) is 3.73. The maximum absolute atomic E-state index is 13.2. The summed E-state index contributed by atoms with van der Waals surface area (Å²) in [6.07, 6.45) is 7.25. The number of nitrogens with one attached hydrogen (secondary N) is 2. The van der Waals surface area contributed by atoms with Crippen LogP contribution >= 0.6 is 0 Å². The summed E-state index contributed by atoms with van der Waals surface area (Å²) in [4.78, 5) is 12.9. The van der Waals surface area contributed by atoms with Gasteiger partial charge in [0.25, 0.3) is 5.91 Å². The van der Waals surface area contributed by atoms with Gasteiger partial charge in [0.15, 0.2) is 0 Å². The SMILES string of the molecule is Cc1nn(-c2ccc(F)cc2)c(C)c1C(=O)NC1CCC1NC1CCCC1. The molecular formula is C21H27FN4O. The lowest BCUT2D eigenvalue weighted by Gasteiger charge is -2.39. The zero-order valence-electron chi connectivity index (χ0n) is 16.0. The third-order valence-electron chi connectivity index (χ3n) is 5.99. The van der Waals surface area contributed by atoms with E-state index in [0.717, 1.165) is 24.2 Å². The lowest BCUT2D eigenvalue weighted by molar-refractivity contribution is 0.0888. The molecule has 0 saturated heterocycles. The quantitative estimate of drug-likeness (QED) is 0.848. The summed E-state index contributed by atoms with van der Waals surface area (Å²) >= 11 is 0. The van der Waals surface area contributed by atoms with E-state index >= 15 is 0 Å². The highest BCUT2D eigenvalue weighted by atomic mass is 19.1. The van der Waals surface area contributed by atoms with Gasteiger partial charge in [0.05, 0.1) is 22.6 Å². The van der Waals surface area contributed by atoms with E-state index in [-0.39, 0.29) is 17.8 Å². The predicted octanol–water partition coefficient (Wildman–Crippen LogP) is 3.42. The van der Waals surface area contributed by atoms with Gasteiger partial charge in [-0.2, -0.15) is 5.10 Å². The fourth-order valence-corrected chi connectivity index (χ4v) is 4.31. The Bertz CT molecular complexity index is 823. The van der Waals surface area contributed by atoms with Crippen LogP contribution in [-0.4, -0.2) is 33.8 Å². The molecule has 0 bridgehead atoms. The van der Waals surface area contributed by atoms with Gasteiger partial charge in [-0.1, -0.05) is 12.8 Å². The third kappa shape index (κ3) is 3.63. The van der Waals surface area contributed by atoms with Crippen LogP contribution in [0.3, 0.4) is 0 Å². The van der Waals surface area contributed by atoms with Crippen LogP contribution in [0.1, 0.15) is 60.3 Å². The first-order valence-corrected chi connectivity index (χ1v) is 9.92. The smallest absolute Gasteiger partial charge is 0.255 e. The molecule has 5 nitrogen and oxygen atoms in total. The zero-order chi connectivity index (χ0) is 19.0. The summed E-state index contributed by atoms with van der Waals surface area (Å²) in [7, 11) is 0. The molecule has 2 atom stereocenters. The minimum absolute atomic E-state index is 0.0683. The Morgan fingerprint density at radius 3 is 2.37 bits per heavy atom. The monoisotopic (exact) mass is 370 g/mol. The lowest BCUT2D eigenvalue weighted by atomic mass is 9.85. The van der Waals surface area contributed by atoms with Crippen molar-refractivity contribution in [3.63, 3.8) is 0 Å². The molecule has 1 aromatic heterocycles. The number of aryl methyl sites for hydroxylation is 1. The number of nitrogens with zero attached hydrogens (tertiary/aromatic N) is 2. The molecule has 2 aromatic rings. The second-order valence-corrected chi connectivity index (χ2v) is 7.85. The molecule has 144 valence electrons. The minimum Gasteiger partial charge on any atom is -0.348 e. The Balaban J connectivity index is 1.46. The number of halogens is 1. The maximum Gasteiger partial charge on any atom is 0.255 e. The number of benzene rings is 1. The van der Waals surface area contributed by atoms with Crippen molar-refractivity contribution in [2.45, 2.75) is 70.5 Å². The zero-order valence-corrected chi connectivity index (χ0v) is 16.0. The number of hydrogen-bond donors (Lipinski definition) is 2. The number of hydrogen-bond acceptors (Lipinski definition) is 3. The van der Waals surface area contributed by atoms with Crippen molar-refractivity contribution >= 4 is 5.91 Å². The van der Waals surface area contributed by atoms with Crippen LogP contribution in [-0.2, 0) is 0 Å². The van der Waals surface area contributed by atoms with Crippen LogP contribution in [0.4, 0.5) is 4.39 Å². The maximum atomic E-state index is 13.2. The van der Waals surface area contributed by atoms with Gasteiger partial charge in [0, 0.05) is 18.1 Å². The largest absolute Gasteiger partial charge is 0.348 e. The van der Waals surface area contributed by atoms with Crippen LogP contribution in [0.2, 0.25) is 0 Å². The first-order valence-electron chi connectivity index (χ1n) is 9.92. The molecule has 2 saturated carbocycles. The second kappa shape index (κ2) is 7.43. The molecule has 6 heteroatoms. The second-order valence-electron chi connectivity index (χ2n) is 7.85. The van der Waals surface area contributed by atoms with Crippen LogP contribution < -0.4 is 10.6 Å². The van der Waals surface area contributed by atoms with E-state index in [9.17, 15) is 9.18 Å². The molecular weight excluding hydrogens is 343 g/mol. The molecule has 27 heavy (non-hydrogen) atoms. The van der Waals surface area contributed by atoms with Crippen molar-refractivity contribution in [1.82, 2.24) is 20.4 Å². The average molecular weight is 370 g/mol. The van der Waals surface area contributed by atoms with Crippen molar-refractivity contribution < 1.29 is 9.18 Å². The van der Waals surface area contributed by atoms with Crippen LogP contribution in [0.15, 0.2) is 24.3 Å². The van der Waals surface area contributed by atoms with E-state index in [1.807, 2.05) is 13.8 Å². The van der Waals surface area contributed by atoms with E-state index in [1.54, 1.807) is 16.8 Å². The summed E-state index contributed by atoms with van der Waals surface area (Å²) in [5, 5.41) is 11.4. The summed E-state index contributed by atoms with van der Waals surface area (Å²) in [6, 6.07) is 7.32. The highest BCUT2D eigenvalue weighted by Crippen LogP contribution is 2.26. The topological polar surface area (TPSA) is 59.0 Å². The molecule has 0 aliphatic heterocycles. The van der Waals surface area contributed by atoms with Gasteiger partial charge in [0.2, 0.25) is 0 Å². The Morgan fingerprint density at radius 2 is 1.74 bits per heavy atom. The van der Waals surface area contributed by atoms with Gasteiger partial charge in [-0.15, -0.1) is 0 Å². The number of amides is 1. The molecule has 0 spiro atoms. The standard InChI is InChI=1S/C21H27FN4O/c1-13-20(14(2)26(25-13)17-9-7-15(22)8-10-17)21(27)24-19-12-11-18(19)23-16-5-3-4-6-16/h7-10,16,18-19,23H,3-6,11-12H2,1-2H3,(H,24,27). The molecule has 0 radical (unpaired) electrons. The Kier molecular flexibility index (Phi) is 5.00. The predicted molar refractivity (Wildman–Crippen MR) is 103 cm³/mol. The minimum atomic E-state index is -0.288. The molecule has 1 heterocycles. The summed E-state index contributed by atoms with van der Waals surface area (Å²) in [5.41, 5.74) is 2.83. The summed E-state index contributed by atoms with van der Waals surface area (Å²) < 4.78 is 14.9. The van der Waals surface area contributed by atoms with Gasteiger partial charge < -0.3 is 10.6 Å². The normalized spacial score (nSPS) is 22.6. The fourth-order valence-electron chi connectivity index (χ4n) is 4.31. The van der Waals surface area contributed by atoms with E-state index in [0.29, 0.717) is 23.3 Å². The molecule has 2 aliphatic rings. The van der Waals surface area contributed by atoms with Crippen molar-refractivity contribution in [1.29, 1.82) is 0 Å². The van der Waals surface area contributed by atoms with Crippen molar-refractivity contribution in [3.8, 4) is 5.69 Å². The molecule has 1 aromatic carbocycles. The Labute approximate surface area is 159 Å². The van der Waals surface area contributed by atoms with Gasteiger partial charge in [-0.3, -0.25) is 4.79 Å². The number of aromatic nitrogens is 2. The molecule has 2 unspecified atom stereocenters. The Hall–Kier alpha value is -2.21. The Morgan fingerprint density at radius 1 is 1.07 bits per heavy atom. The average Bonchev–Trinajstić information content (AvgIpc) is 3.25. The first kappa shape index (κ1) is 18.2. The van der Waals surface area contributed by atoms with Crippen molar-refractivity contribution in [2.75, 3.05) is 0 Å². The third-order valence-corrected chi connectivity index (χ3v) is 5.99. The lowest BCUT2D eigenvalue weighted by Crippen LogP contribution is -2.58. The number of rotatable bonds is 5. The van der Waals surface area contributed by atoms with Crippen LogP contribution in [0, 0.1) is 19.7 Å². The molecule has 2 N–H and O–H groups in total. The first-order chi connectivity index (χ1) is 13.0. The molecule has 4 rings (SSSR count). The van der Waals surface area contributed by atoms with Crippen LogP contribution in [0.25, 0.3) is 5.69 Å². The number of carbonyl (C=O) groups is 1. The van der Waals surface area contributed by atoms with Gasteiger partial charge in [-0.25, -0.2) is 9.07 Å². The van der Waals surface area contributed by atoms with Crippen molar-refractivity contribution in [2.24, 2.45) is 0 Å². The van der Waals surface area contributed by atoms with E-state index in [1.165, 1.54) is 37.8 Å². The van der Waals surface area contributed by atoms with Crippen LogP contribution in [0.5, 0.6) is 0 Å². The van der Waals surface area contributed by atoms with Crippen molar-refractivity contribution in [3.05, 3.63) is 47.0 Å². The molecule has 2 aliphatic carbocycles. The van der Waals surface area contributed by atoms with E-state index < -0.39 is 0 Å². The highest BCUT2D eigenvalue weighted by molar-refractivity contribution is 5.96. The van der Waals surface area contributed by atoms with Gasteiger partial charge in [0.1, 0.15) is 5.82 Å². The highest BCUT2D eigenvalue weighted by Gasteiger charge is 2.35.